The number of nitrogens with zero attached hydrogens (tertiary/aromatic N) is 4. The normalized spacial score (nSPS) is 19.4. The van der Waals surface area contributed by atoms with Gasteiger partial charge >= 0.3 is 6.09 Å². The molecular weight excluding hydrogens is 455 g/mol. The van der Waals surface area contributed by atoms with Crippen LogP contribution in [0.4, 0.5) is 29.3 Å². The number of likely N-dealkylation sites (tertiary alicyclic amines) is 2. The van der Waals surface area contributed by atoms with Crippen LogP contribution in [-0.4, -0.2) is 77.1 Å². The number of hydrogen-bond donors (Lipinski definition) is 1. The highest BCUT2D eigenvalue weighted by atomic mass is 19.3. The largest absolute Gasteiger partial charge is 0.444 e. The zero-order valence-corrected chi connectivity index (χ0v) is 19.5. The first kappa shape index (κ1) is 25.7. The summed E-state index contributed by atoms with van der Waals surface area (Å²) >= 11 is 0. The molecule has 3 rings (SSSR count). The standard InChI is InChI=1S/C22H30F3N5O4/c1-21(2,3)34-20(31)29-12-22(25,13-29)11-28-6-4-15(5-7-28)27-10-14-8-18(30(32)33)16(19(23)24)9-17(14)26/h8-10,15,19H,4-7,11-13,26H2,1-3H3. The zero-order chi connectivity index (χ0) is 25.3. The summed E-state index contributed by atoms with van der Waals surface area (Å²) in [7, 11) is 0. The van der Waals surface area contributed by atoms with E-state index in [1.54, 1.807) is 20.8 Å². The Hall–Kier alpha value is -2.89. The van der Waals surface area contributed by atoms with E-state index < -0.39 is 40.0 Å². The second-order valence-electron chi connectivity index (χ2n) is 9.87. The Balaban J connectivity index is 1.51. The summed E-state index contributed by atoms with van der Waals surface area (Å²) < 4.78 is 46.3. The van der Waals surface area contributed by atoms with Crippen LogP contribution in [-0.2, 0) is 4.74 Å². The van der Waals surface area contributed by atoms with E-state index in [1.165, 1.54) is 11.1 Å². The first-order valence-corrected chi connectivity index (χ1v) is 11.0. The molecule has 0 radical (unpaired) electrons. The highest BCUT2D eigenvalue weighted by Crippen LogP contribution is 2.33. The van der Waals surface area contributed by atoms with Crippen molar-refractivity contribution in [3.63, 3.8) is 0 Å². The van der Waals surface area contributed by atoms with Crippen LogP contribution in [0.5, 0.6) is 0 Å². The van der Waals surface area contributed by atoms with Crippen LogP contribution in [0.25, 0.3) is 0 Å². The molecule has 34 heavy (non-hydrogen) atoms. The Labute approximate surface area is 195 Å². The summed E-state index contributed by atoms with van der Waals surface area (Å²) in [5.74, 6) is 0. The summed E-state index contributed by atoms with van der Waals surface area (Å²) in [6.45, 7) is 6.66. The Morgan fingerprint density at radius 3 is 2.50 bits per heavy atom. The number of carbonyl (C=O) groups excluding carboxylic acids is 1. The van der Waals surface area contributed by atoms with Gasteiger partial charge in [-0.15, -0.1) is 0 Å². The molecule has 2 aliphatic rings. The average molecular weight is 486 g/mol. The molecule has 12 heteroatoms. The Kier molecular flexibility index (Phi) is 7.39. The monoisotopic (exact) mass is 485 g/mol. The van der Waals surface area contributed by atoms with Crippen molar-refractivity contribution in [1.29, 1.82) is 0 Å². The number of nitro benzene ring substituents is 1. The van der Waals surface area contributed by atoms with Gasteiger partial charge in [0, 0.05) is 43.2 Å². The number of benzene rings is 1. The molecule has 2 saturated heterocycles. The molecule has 0 saturated carbocycles. The van der Waals surface area contributed by atoms with Crippen molar-refractivity contribution < 1.29 is 27.6 Å². The molecule has 0 aromatic heterocycles. The van der Waals surface area contributed by atoms with E-state index in [0.29, 0.717) is 25.9 Å². The van der Waals surface area contributed by atoms with E-state index in [-0.39, 0.29) is 36.9 Å². The summed E-state index contributed by atoms with van der Waals surface area (Å²) in [5, 5.41) is 11.1. The topological polar surface area (TPSA) is 114 Å². The van der Waals surface area contributed by atoms with Crippen molar-refractivity contribution in [3.8, 4) is 0 Å². The maximum atomic E-state index is 15.0. The summed E-state index contributed by atoms with van der Waals surface area (Å²) in [6.07, 6.45) is -0.878. The van der Waals surface area contributed by atoms with Gasteiger partial charge in [-0.25, -0.2) is 18.0 Å². The number of alkyl halides is 3. The number of piperidine rings is 1. The molecule has 188 valence electrons. The predicted octanol–water partition coefficient (Wildman–Crippen LogP) is 3.96. The van der Waals surface area contributed by atoms with Gasteiger partial charge in [-0.2, -0.15) is 0 Å². The van der Waals surface area contributed by atoms with Crippen LogP contribution < -0.4 is 5.73 Å². The minimum atomic E-state index is -3.01. The van der Waals surface area contributed by atoms with Crippen LogP contribution in [0, 0.1) is 10.1 Å². The van der Waals surface area contributed by atoms with Crippen molar-refractivity contribution in [3.05, 3.63) is 33.4 Å². The molecule has 2 fully saturated rings. The van der Waals surface area contributed by atoms with Crippen molar-refractivity contribution in [2.24, 2.45) is 4.99 Å². The summed E-state index contributed by atoms with van der Waals surface area (Å²) in [5.41, 5.74) is 2.45. The lowest BCUT2D eigenvalue weighted by atomic mass is 9.94. The van der Waals surface area contributed by atoms with Gasteiger partial charge in [-0.05, 0) is 39.7 Å². The Morgan fingerprint density at radius 1 is 1.35 bits per heavy atom. The van der Waals surface area contributed by atoms with Crippen LogP contribution in [0.1, 0.15) is 51.2 Å². The van der Waals surface area contributed by atoms with Gasteiger partial charge in [0.2, 0.25) is 0 Å². The minimum Gasteiger partial charge on any atom is -0.444 e. The predicted molar refractivity (Wildman–Crippen MR) is 121 cm³/mol. The van der Waals surface area contributed by atoms with Crippen LogP contribution in [0.2, 0.25) is 0 Å². The lowest BCUT2D eigenvalue weighted by molar-refractivity contribution is -0.386. The maximum Gasteiger partial charge on any atom is 0.410 e. The van der Waals surface area contributed by atoms with Crippen molar-refractivity contribution in [1.82, 2.24) is 9.80 Å². The number of aliphatic imine (C=N–C) groups is 1. The van der Waals surface area contributed by atoms with E-state index in [0.717, 1.165) is 12.1 Å². The molecule has 0 bridgehead atoms. The molecule has 0 atom stereocenters. The maximum absolute atomic E-state index is 15.0. The molecular formula is C22H30F3N5O4. The molecule has 2 heterocycles. The fraction of sp³-hybridized carbons (Fsp3) is 0.636. The smallest absolute Gasteiger partial charge is 0.410 e. The second kappa shape index (κ2) is 9.77. The van der Waals surface area contributed by atoms with Gasteiger partial charge in [-0.3, -0.25) is 20.0 Å². The number of nitro groups is 1. The van der Waals surface area contributed by atoms with Crippen LogP contribution in [0.15, 0.2) is 17.1 Å². The fourth-order valence-corrected chi connectivity index (χ4v) is 4.09. The zero-order valence-electron chi connectivity index (χ0n) is 19.5. The number of nitrogen functional groups attached to an aromatic ring is 1. The number of hydrogen-bond acceptors (Lipinski definition) is 7. The third-order valence-corrected chi connectivity index (χ3v) is 5.75. The summed E-state index contributed by atoms with van der Waals surface area (Å²) in [6, 6.07) is 1.82. The Bertz CT molecular complexity index is 953. The first-order valence-electron chi connectivity index (χ1n) is 11.0. The molecule has 1 aromatic carbocycles. The lowest BCUT2D eigenvalue weighted by Crippen LogP contribution is -2.66. The number of rotatable bonds is 6. The number of amides is 1. The van der Waals surface area contributed by atoms with E-state index in [4.69, 9.17) is 10.5 Å². The first-order chi connectivity index (χ1) is 15.8. The number of halogens is 3. The molecule has 0 spiro atoms. The van der Waals surface area contributed by atoms with Gasteiger partial charge in [-0.1, -0.05) is 0 Å². The summed E-state index contributed by atoms with van der Waals surface area (Å²) in [4.78, 5) is 30.0. The van der Waals surface area contributed by atoms with Crippen molar-refractivity contribution in [2.75, 3.05) is 38.5 Å². The van der Waals surface area contributed by atoms with Gasteiger partial charge in [0.05, 0.1) is 29.6 Å². The highest BCUT2D eigenvalue weighted by Gasteiger charge is 2.48. The van der Waals surface area contributed by atoms with E-state index >= 15 is 0 Å². The van der Waals surface area contributed by atoms with Gasteiger partial charge in [0.15, 0.2) is 5.67 Å². The molecule has 2 aliphatic heterocycles. The number of ether oxygens (including phenoxy) is 1. The van der Waals surface area contributed by atoms with Gasteiger partial charge < -0.3 is 15.4 Å². The SMILES string of the molecule is CC(C)(C)OC(=O)N1CC(F)(CN2CCC(N=Cc3cc([N+](=O)[O-])c(C(F)F)cc3N)CC2)C1. The second-order valence-corrected chi connectivity index (χ2v) is 9.87. The third kappa shape index (κ3) is 6.37. The third-order valence-electron chi connectivity index (χ3n) is 5.75. The van der Waals surface area contributed by atoms with Crippen LogP contribution >= 0.6 is 0 Å². The highest BCUT2D eigenvalue weighted by molar-refractivity contribution is 5.88. The minimum absolute atomic E-state index is 0.00728. The molecule has 1 aromatic rings. The molecule has 0 aliphatic carbocycles. The average Bonchev–Trinajstić information content (AvgIpc) is 2.70. The number of anilines is 1. The molecule has 1 amide bonds. The quantitative estimate of drug-likeness (QED) is 0.282. The number of nitrogens with two attached hydrogens (primary N) is 1. The van der Waals surface area contributed by atoms with E-state index in [1.807, 2.05) is 4.90 Å². The van der Waals surface area contributed by atoms with Crippen molar-refractivity contribution >= 4 is 23.7 Å². The fourth-order valence-electron chi connectivity index (χ4n) is 4.09. The van der Waals surface area contributed by atoms with E-state index in [9.17, 15) is 28.1 Å². The van der Waals surface area contributed by atoms with Crippen molar-refractivity contribution in [2.45, 2.75) is 57.3 Å². The van der Waals surface area contributed by atoms with E-state index in [2.05, 4.69) is 4.99 Å². The van der Waals surface area contributed by atoms with Gasteiger partial charge in [0.1, 0.15) is 5.60 Å². The number of carbonyl (C=O) groups is 1. The van der Waals surface area contributed by atoms with Crippen LogP contribution in [0.3, 0.4) is 0 Å². The molecule has 9 nitrogen and oxygen atoms in total. The Morgan fingerprint density at radius 2 is 1.97 bits per heavy atom. The van der Waals surface area contributed by atoms with Gasteiger partial charge in [0.25, 0.3) is 12.1 Å². The lowest BCUT2D eigenvalue weighted by Gasteiger charge is -2.47. The molecule has 0 unspecified atom stereocenters. The molecule has 2 N–H and O–H groups in total.